The number of nitrogens with one attached hydrogen (secondary N) is 1. The Balaban J connectivity index is 1.72. The van der Waals surface area contributed by atoms with Crippen molar-refractivity contribution in [3.8, 4) is 0 Å². The molecule has 2 rings (SSSR count). The van der Waals surface area contributed by atoms with Gasteiger partial charge in [0.05, 0.1) is 10.6 Å². The summed E-state index contributed by atoms with van der Waals surface area (Å²) in [4.78, 5) is 26.0. The van der Waals surface area contributed by atoms with E-state index in [1.165, 1.54) is 12.1 Å². The van der Waals surface area contributed by atoms with Crippen LogP contribution in [-0.2, 0) is 23.8 Å². The number of carboxylic acids is 1. The number of thiazole rings is 1. The molecule has 0 aliphatic carbocycles. The summed E-state index contributed by atoms with van der Waals surface area (Å²) in [6.45, 7) is 0.210. The van der Waals surface area contributed by atoms with Crippen molar-refractivity contribution in [1.29, 1.82) is 0 Å². The number of hydrogen-bond acceptors (Lipinski definition) is 4. The molecule has 0 spiro atoms. The van der Waals surface area contributed by atoms with Crippen molar-refractivity contribution in [2.45, 2.75) is 25.4 Å². The molecular formula is C16H15F3N2O3S. The van der Waals surface area contributed by atoms with E-state index in [-0.39, 0.29) is 30.9 Å². The fraction of sp³-hybridized carbons (Fsp3) is 0.312. The number of benzene rings is 1. The van der Waals surface area contributed by atoms with E-state index in [0.717, 1.165) is 22.3 Å². The van der Waals surface area contributed by atoms with E-state index in [1.54, 1.807) is 12.1 Å². The smallest absolute Gasteiger partial charge is 0.434 e. The molecule has 0 fully saturated rings. The van der Waals surface area contributed by atoms with Gasteiger partial charge in [0.15, 0.2) is 5.69 Å². The topological polar surface area (TPSA) is 79.3 Å². The predicted octanol–water partition coefficient (Wildman–Crippen LogP) is 3.15. The van der Waals surface area contributed by atoms with Crippen LogP contribution in [0.15, 0.2) is 29.6 Å². The van der Waals surface area contributed by atoms with Crippen molar-refractivity contribution in [1.82, 2.24) is 10.3 Å². The van der Waals surface area contributed by atoms with Gasteiger partial charge in [0.2, 0.25) is 5.91 Å². The first-order chi connectivity index (χ1) is 11.8. The van der Waals surface area contributed by atoms with Crippen LogP contribution in [0.4, 0.5) is 13.2 Å². The molecule has 0 unspecified atom stereocenters. The van der Waals surface area contributed by atoms with Crippen LogP contribution in [0.2, 0.25) is 0 Å². The van der Waals surface area contributed by atoms with Crippen molar-refractivity contribution in [3.63, 3.8) is 0 Å². The van der Waals surface area contributed by atoms with Gasteiger partial charge >= 0.3 is 12.1 Å². The predicted molar refractivity (Wildman–Crippen MR) is 85.6 cm³/mol. The number of nitrogens with zero attached hydrogens (tertiary/aromatic N) is 1. The molecule has 0 aliphatic rings. The van der Waals surface area contributed by atoms with Crippen molar-refractivity contribution in [2.24, 2.45) is 0 Å². The number of aromatic carboxylic acids is 1. The average molecular weight is 372 g/mol. The molecule has 1 aromatic heterocycles. The van der Waals surface area contributed by atoms with Crippen LogP contribution in [0.5, 0.6) is 0 Å². The van der Waals surface area contributed by atoms with Gasteiger partial charge in [-0.2, -0.15) is 13.2 Å². The first kappa shape index (κ1) is 18.9. The third-order valence-corrected chi connectivity index (χ3v) is 4.25. The Hall–Kier alpha value is -2.42. The number of amides is 1. The van der Waals surface area contributed by atoms with Crippen LogP contribution in [0.1, 0.15) is 33.0 Å². The molecule has 2 aromatic rings. The quantitative estimate of drug-likeness (QED) is 0.783. The van der Waals surface area contributed by atoms with Crippen molar-refractivity contribution in [2.75, 3.05) is 6.54 Å². The molecule has 5 nitrogen and oxygen atoms in total. The van der Waals surface area contributed by atoms with Gasteiger partial charge in [0, 0.05) is 24.8 Å². The summed E-state index contributed by atoms with van der Waals surface area (Å²) >= 11 is 0.912. The molecule has 134 valence electrons. The second-order valence-electron chi connectivity index (χ2n) is 5.23. The first-order valence-corrected chi connectivity index (χ1v) is 8.24. The van der Waals surface area contributed by atoms with E-state index in [0.29, 0.717) is 11.4 Å². The molecule has 1 aromatic carbocycles. The molecule has 25 heavy (non-hydrogen) atoms. The summed E-state index contributed by atoms with van der Waals surface area (Å²) in [7, 11) is 0. The maximum Gasteiger partial charge on any atom is 0.434 e. The van der Waals surface area contributed by atoms with Gasteiger partial charge in [-0.1, -0.05) is 12.1 Å². The monoisotopic (exact) mass is 372 g/mol. The fourth-order valence-electron chi connectivity index (χ4n) is 2.03. The summed E-state index contributed by atoms with van der Waals surface area (Å²) in [6, 6.07) is 6.22. The Morgan fingerprint density at radius 1 is 1.16 bits per heavy atom. The lowest BCUT2D eigenvalue weighted by Gasteiger charge is -2.05. The largest absolute Gasteiger partial charge is 0.478 e. The standard InChI is InChI=1S/C16H15F3N2O3S/c17-16(18,19)12-9-25-14(21-12)7-8-20-13(22)6-3-10-1-4-11(5-2-10)15(23)24/h1-2,4-5,9H,3,6-8H2,(H,20,22)(H,23,24). The Morgan fingerprint density at radius 3 is 2.40 bits per heavy atom. The number of carboxylic acid groups (broad SMARTS) is 1. The number of carbonyl (C=O) groups is 2. The molecule has 0 saturated heterocycles. The van der Waals surface area contributed by atoms with Crippen LogP contribution < -0.4 is 5.32 Å². The summed E-state index contributed by atoms with van der Waals surface area (Å²) < 4.78 is 37.3. The zero-order chi connectivity index (χ0) is 18.4. The minimum absolute atomic E-state index is 0.176. The molecule has 1 heterocycles. The molecule has 0 saturated carbocycles. The number of aromatic nitrogens is 1. The normalized spacial score (nSPS) is 11.3. The van der Waals surface area contributed by atoms with Gasteiger partial charge < -0.3 is 10.4 Å². The van der Waals surface area contributed by atoms with Crippen LogP contribution in [0.3, 0.4) is 0 Å². The lowest BCUT2D eigenvalue weighted by Crippen LogP contribution is -2.25. The van der Waals surface area contributed by atoms with Crippen LogP contribution in [-0.4, -0.2) is 28.5 Å². The van der Waals surface area contributed by atoms with Gasteiger partial charge in [-0.25, -0.2) is 9.78 Å². The molecule has 9 heteroatoms. The van der Waals surface area contributed by atoms with E-state index in [9.17, 15) is 22.8 Å². The summed E-state index contributed by atoms with van der Waals surface area (Å²) in [5, 5.41) is 12.7. The highest BCUT2D eigenvalue weighted by atomic mass is 32.1. The zero-order valence-electron chi connectivity index (χ0n) is 13.0. The lowest BCUT2D eigenvalue weighted by atomic mass is 10.1. The van der Waals surface area contributed by atoms with Gasteiger partial charge in [0.1, 0.15) is 0 Å². The van der Waals surface area contributed by atoms with Gasteiger partial charge in [-0.15, -0.1) is 11.3 Å². The number of alkyl halides is 3. The Labute approximate surface area is 145 Å². The first-order valence-electron chi connectivity index (χ1n) is 7.36. The maximum absolute atomic E-state index is 12.4. The Morgan fingerprint density at radius 2 is 1.84 bits per heavy atom. The third-order valence-electron chi connectivity index (χ3n) is 3.34. The van der Waals surface area contributed by atoms with Gasteiger partial charge in [-0.05, 0) is 24.1 Å². The van der Waals surface area contributed by atoms with E-state index in [2.05, 4.69) is 10.3 Å². The van der Waals surface area contributed by atoms with Gasteiger partial charge in [0.25, 0.3) is 0 Å². The molecule has 0 atom stereocenters. The number of rotatable bonds is 7. The Bertz CT molecular complexity index is 742. The van der Waals surface area contributed by atoms with Crippen molar-refractivity contribution in [3.05, 3.63) is 51.5 Å². The van der Waals surface area contributed by atoms with Crippen LogP contribution >= 0.6 is 11.3 Å². The summed E-state index contributed by atoms with van der Waals surface area (Å²) in [6.07, 6.45) is -3.56. The van der Waals surface area contributed by atoms with Crippen molar-refractivity contribution >= 4 is 23.2 Å². The minimum Gasteiger partial charge on any atom is -0.478 e. The highest BCUT2D eigenvalue weighted by molar-refractivity contribution is 7.09. The molecule has 0 aliphatic heterocycles. The van der Waals surface area contributed by atoms with Crippen LogP contribution in [0.25, 0.3) is 0 Å². The number of hydrogen-bond donors (Lipinski definition) is 2. The van der Waals surface area contributed by atoms with Gasteiger partial charge in [-0.3, -0.25) is 4.79 Å². The van der Waals surface area contributed by atoms with E-state index < -0.39 is 17.8 Å². The molecule has 2 N–H and O–H groups in total. The SMILES string of the molecule is O=C(CCc1ccc(C(=O)O)cc1)NCCc1nc(C(F)(F)F)cs1. The molecule has 1 amide bonds. The van der Waals surface area contributed by atoms with Crippen LogP contribution in [0, 0.1) is 0 Å². The fourth-order valence-corrected chi connectivity index (χ4v) is 2.83. The zero-order valence-corrected chi connectivity index (χ0v) is 13.8. The molecular weight excluding hydrogens is 357 g/mol. The second-order valence-corrected chi connectivity index (χ2v) is 6.17. The molecule has 0 radical (unpaired) electrons. The van der Waals surface area contributed by atoms with E-state index in [1.807, 2.05) is 0 Å². The number of halogens is 3. The highest BCUT2D eigenvalue weighted by Crippen LogP contribution is 2.29. The summed E-state index contributed by atoms with van der Waals surface area (Å²) in [5.41, 5.74) is 0.0911. The maximum atomic E-state index is 12.4. The molecule has 0 bridgehead atoms. The average Bonchev–Trinajstić information content (AvgIpc) is 3.02. The third kappa shape index (κ3) is 5.86. The lowest BCUT2D eigenvalue weighted by molar-refractivity contribution is -0.140. The highest BCUT2D eigenvalue weighted by Gasteiger charge is 2.33. The number of aryl methyl sites for hydroxylation is 1. The van der Waals surface area contributed by atoms with E-state index in [4.69, 9.17) is 5.11 Å². The minimum atomic E-state index is -4.45. The summed E-state index contributed by atoms with van der Waals surface area (Å²) in [5.74, 6) is -1.24. The Kier molecular flexibility index (Phi) is 6.13. The second kappa shape index (κ2) is 8.11. The number of carbonyl (C=O) groups excluding carboxylic acids is 1. The van der Waals surface area contributed by atoms with E-state index >= 15 is 0 Å². The van der Waals surface area contributed by atoms with Crippen molar-refractivity contribution < 1.29 is 27.9 Å².